The van der Waals surface area contributed by atoms with Crippen molar-refractivity contribution >= 4 is 33.2 Å². The first-order chi connectivity index (χ1) is 13.6. The van der Waals surface area contributed by atoms with Crippen molar-refractivity contribution in [3.05, 3.63) is 58.9 Å². The second-order valence-corrected chi connectivity index (χ2v) is 10.1. The molecule has 0 N–H and O–H groups in total. The van der Waals surface area contributed by atoms with E-state index in [2.05, 4.69) is 13.8 Å². The van der Waals surface area contributed by atoms with Crippen LogP contribution in [0.4, 0.5) is 10.1 Å². The molecule has 1 aliphatic rings. The summed E-state index contributed by atoms with van der Waals surface area (Å²) < 4.78 is 40.3. The fourth-order valence-corrected chi connectivity index (χ4v) is 5.20. The van der Waals surface area contributed by atoms with Crippen molar-refractivity contribution in [3.8, 4) is 0 Å². The maximum absolute atomic E-state index is 13.2. The molecule has 0 spiro atoms. The van der Waals surface area contributed by atoms with Crippen molar-refractivity contribution in [3.63, 3.8) is 0 Å². The van der Waals surface area contributed by atoms with Gasteiger partial charge in [0, 0.05) is 20.1 Å². The Hall–Kier alpha value is -2.12. The fourth-order valence-electron chi connectivity index (χ4n) is 3.78. The van der Waals surface area contributed by atoms with Gasteiger partial charge in [0.25, 0.3) is 15.9 Å². The number of hydrogen-bond donors (Lipinski definition) is 0. The Labute approximate surface area is 176 Å². The molecule has 156 valence electrons. The van der Waals surface area contributed by atoms with Crippen LogP contribution in [0.2, 0.25) is 5.02 Å². The number of sulfonamides is 1. The zero-order chi connectivity index (χ0) is 21.3. The average Bonchev–Trinajstić information content (AvgIpc) is 2.67. The minimum Gasteiger partial charge on any atom is -0.338 e. The third-order valence-corrected chi connectivity index (χ3v) is 7.28. The lowest BCUT2D eigenvalue weighted by Crippen LogP contribution is -2.42. The second kappa shape index (κ2) is 8.32. The molecule has 29 heavy (non-hydrogen) atoms. The average molecular weight is 439 g/mol. The highest BCUT2D eigenvalue weighted by Crippen LogP contribution is 2.29. The lowest BCUT2D eigenvalue weighted by molar-refractivity contribution is 0.0623. The molecule has 2 aromatic carbocycles. The van der Waals surface area contributed by atoms with Gasteiger partial charge < -0.3 is 4.90 Å². The summed E-state index contributed by atoms with van der Waals surface area (Å²) in [7, 11) is -2.57. The predicted octanol–water partition coefficient (Wildman–Crippen LogP) is 4.42. The van der Waals surface area contributed by atoms with Gasteiger partial charge >= 0.3 is 0 Å². The van der Waals surface area contributed by atoms with Gasteiger partial charge in [0.15, 0.2) is 0 Å². The van der Waals surface area contributed by atoms with E-state index in [9.17, 15) is 17.6 Å². The number of likely N-dealkylation sites (tertiary alicyclic amines) is 1. The van der Waals surface area contributed by atoms with E-state index < -0.39 is 15.8 Å². The lowest BCUT2D eigenvalue weighted by Gasteiger charge is -2.35. The molecular weight excluding hydrogens is 415 g/mol. The minimum absolute atomic E-state index is 0.0461. The van der Waals surface area contributed by atoms with Gasteiger partial charge in [-0.05, 0) is 60.7 Å². The minimum atomic E-state index is -3.95. The summed E-state index contributed by atoms with van der Waals surface area (Å²) >= 11 is 6.25. The molecule has 0 radical (unpaired) electrons. The molecular formula is C21H24ClFN2O3S. The summed E-state index contributed by atoms with van der Waals surface area (Å²) in [4.78, 5) is 14.7. The first-order valence-electron chi connectivity index (χ1n) is 9.43. The van der Waals surface area contributed by atoms with E-state index in [1.54, 1.807) is 4.90 Å². The molecule has 5 nitrogen and oxygen atoms in total. The highest BCUT2D eigenvalue weighted by atomic mass is 35.5. The Morgan fingerprint density at radius 2 is 1.69 bits per heavy atom. The Bertz CT molecular complexity index is 1000. The van der Waals surface area contributed by atoms with E-state index in [1.807, 2.05) is 0 Å². The Morgan fingerprint density at radius 1 is 1.10 bits per heavy atom. The van der Waals surface area contributed by atoms with Crippen LogP contribution in [0.1, 0.15) is 30.6 Å². The SMILES string of the molecule is CC1CC(C)CN(C(=O)c2cc(S(=O)(=O)N(C)c3ccc(F)cc3)ccc2Cl)C1. The van der Waals surface area contributed by atoms with E-state index in [-0.39, 0.29) is 21.4 Å². The van der Waals surface area contributed by atoms with E-state index in [1.165, 1.54) is 49.5 Å². The molecule has 0 bridgehead atoms. The van der Waals surface area contributed by atoms with Crippen LogP contribution < -0.4 is 4.31 Å². The normalized spacial score (nSPS) is 19.8. The smallest absolute Gasteiger partial charge is 0.264 e. The summed E-state index contributed by atoms with van der Waals surface area (Å²) in [6.07, 6.45) is 1.05. The lowest BCUT2D eigenvalue weighted by atomic mass is 9.91. The fraction of sp³-hybridized carbons (Fsp3) is 0.381. The number of nitrogens with zero attached hydrogens (tertiary/aromatic N) is 2. The number of carbonyl (C=O) groups is 1. The largest absolute Gasteiger partial charge is 0.338 e. The van der Waals surface area contributed by atoms with Crippen LogP contribution in [0.25, 0.3) is 0 Å². The van der Waals surface area contributed by atoms with E-state index in [0.717, 1.165) is 10.7 Å². The third-order valence-electron chi connectivity index (χ3n) is 5.17. The molecule has 0 saturated carbocycles. The Kier molecular flexibility index (Phi) is 6.19. The quantitative estimate of drug-likeness (QED) is 0.709. The molecule has 0 aliphatic carbocycles. The molecule has 1 heterocycles. The number of halogens is 2. The zero-order valence-electron chi connectivity index (χ0n) is 16.6. The third kappa shape index (κ3) is 4.56. The van der Waals surface area contributed by atoms with Crippen molar-refractivity contribution in [2.75, 3.05) is 24.4 Å². The number of rotatable bonds is 4. The van der Waals surface area contributed by atoms with Gasteiger partial charge in [0.2, 0.25) is 0 Å². The molecule has 1 amide bonds. The van der Waals surface area contributed by atoms with E-state index in [0.29, 0.717) is 30.6 Å². The molecule has 3 rings (SSSR count). The standard InChI is InChI=1S/C21H24ClFN2O3S/c1-14-10-15(2)13-25(12-14)21(26)19-11-18(8-9-20(19)22)29(27,28)24(3)17-6-4-16(23)5-7-17/h4-9,11,14-15H,10,12-13H2,1-3H3. The van der Waals surface area contributed by atoms with Crippen LogP contribution in [0.5, 0.6) is 0 Å². The van der Waals surface area contributed by atoms with Crippen molar-refractivity contribution in [1.29, 1.82) is 0 Å². The molecule has 2 atom stereocenters. The summed E-state index contributed by atoms with van der Waals surface area (Å²) in [5.41, 5.74) is 0.481. The summed E-state index contributed by atoms with van der Waals surface area (Å²) in [6, 6.07) is 9.27. The monoisotopic (exact) mass is 438 g/mol. The number of anilines is 1. The Morgan fingerprint density at radius 3 is 2.28 bits per heavy atom. The summed E-state index contributed by atoms with van der Waals surface area (Å²) in [5.74, 6) is 0.0230. The van der Waals surface area contributed by atoms with Gasteiger partial charge in [-0.15, -0.1) is 0 Å². The van der Waals surface area contributed by atoms with Gasteiger partial charge in [-0.2, -0.15) is 0 Å². The van der Waals surface area contributed by atoms with Crippen LogP contribution in [-0.2, 0) is 10.0 Å². The Balaban J connectivity index is 1.93. The summed E-state index contributed by atoms with van der Waals surface area (Å²) in [6.45, 7) is 5.42. The number of piperidine rings is 1. The maximum atomic E-state index is 13.2. The topological polar surface area (TPSA) is 57.7 Å². The van der Waals surface area contributed by atoms with E-state index in [4.69, 9.17) is 11.6 Å². The van der Waals surface area contributed by atoms with Gasteiger partial charge in [0.05, 0.1) is 21.2 Å². The maximum Gasteiger partial charge on any atom is 0.264 e. The molecule has 1 aliphatic heterocycles. The molecule has 1 fully saturated rings. The predicted molar refractivity (Wildman–Crippen MR) is 112 cm³/mol. The zero-order valence-corrected chi connectivity index (χ0v) is 18.2. The highest BCUT2D eigenvalue weighted by Gasteiger charge is 2.29. The first-order valence-corrected chi connectivity index (χ1v) is 11.2. The first kappa shape index (κ1) is 21.6. The number of benzene rings is 2. The number of carbonyl (C=O) groups excluding carboxylic acids is 1. The number of amides is 1. The van der Waals surface area contributed by atoms with Crippen LogP contribution in [-0.4, -0.2) is 39.4 Å². The van der Waals surface area contributed by atoms with Gasteiger partial charge in [-0.1, -0.05) is 25.4 Å². The van der Waals surface area contributed by atoms with E-state index >= 15 is 0 Å². The van der Waals surface area contributed by atoms with Gasteiger partial charge in [0.1, 0.15) is 5.82 Å². The highest BCUT2D eigenvalue weighted by molar-refractivity contribution is 7.92. The molecule has 0 aromatic heterocycles. The van der Waals surface area contributed by atoms with Crippen LogP contribution in [0.15, 0.2) is 47.4 Å². The van der Waals surface area contributed by atoms with Crippen molar-refractivity contribution in [2.24, 2.45) is 11.8 Å². The van der Waals surface area contributed by atoms with Crippen molar-refractivity contribution in [1.82, 2.24) is 4.90 Å². The van der Waals surface area contributed by atoms with Crippen LogP contribution in [0.3, 0.4) is 0 Å². The van der Waals surface area contributed by atoms with Crippen LogP contribution >= 0.6 is 11.6 Å². The van der Waals surface area contributed by atoms with Gasteiger partial charge in [-0.25, -0.2) is 12.8 Å². The molecule has 1 saturated heterocycles. The second-order valence-electron chi connectivity index (χ2n) is 7.75. The molecule has 2 unspecified atom stereocenters. The number of hydrogen-bond acceptors (Lipinski definition) is 3. The van der Waals surface area contributed by atoms with Crippen molar-refractivity contribution < 1.29 is 17.6 Å². The molecule has 8 heteroatoms. The molecule has 2 aromatic rings. The summed E-state index contributed by atoms with van der Waals surface area (Å²) in [5, 5.41) is 0.212. The van der Waals surface area contributed by atoms with Crippen molar-refractivity contribution in [2.45, 2.75) is 25.2 Å². The van der Waals surface area contributed by atoms with Crippen LogP contribution in [0, 0.1) is 17.7 Å². The van der Waals surface area contributed by atoms with Gasteiger partial charge in [-0.3, -0.25) is 9.10 Å².